The normalized spacial score (nSPS) is 8.75. The Hall–Kier alpha value is -0.570. The van der Waals surface area contributed by atoms with Crippen molar-refractivity contribution >= 4 is 5.97 Å². The Morgan fingerprint density at radius 1 is 1.75 bits per heavy atom. The van der Waals surface area contributed by atoms with Crippen molar-refractivity contribution in [2.45, 2.75) is 6.92 Å². The summed E-state index contributed by atoms with van der Waals surface area (Å²) in [6, 6.07) is 0. The molecule has 0 fully saturated rings. The minimum atomic E-state index is -0.216. The fourth-order valence-corrected chi connectivity index (χ4v) is 0.299. The van der Waals surface area contributed by atoms with E-state index in [1.165, 1.54) is 7.11 Å². The van der Waals surface area contributed by atoms with Gasteiger partial charge < -0.3 is 10.1 Å². The van der Waals surface area contributed by atoms with Crippen LogP contribution in [-0.4, -0.2) is 26.2 Å². The zero-order valence-electron chi connectivity index (χ0n) is 5.23. The van der Waals surface area contributed by atoms with Crippen LogP contribution in [0.2, 0.25) is 0 Å². The number of methoxy groups -OCH3 is 1. The van der Waals surface area contributed by atoms with E-state index in [0.717, 1.165) is 6.54 Å². The number of ether oxygens (including phenoxy) is 1. The van der Waals surface area contributed by atoms with E-state index in [2.05, 4.69) is 10.1 Å². The summed E-state index contributed by atoms with van der Waals surface area (Å²) in [5.41, 5.74) is 0. The summed E-state index contributed by atoms with van der Waals surface area (Å²) in [7, 11) is 1.37. The van der Waals surface area contributed by atoms with Gasteiger partial charge in [0.15, 0.2) is 0 Å². The molecule has 0 rings (SSSR count). The average molecular weight is 117 g/mol. The molecule has 0 amide bonds. The fraction of sp³-hybridized carbons (Fsp3) is 0.800. The van der Waals surface area contributed by atoms with E-state index < -0.39 is 0 Å². The van der Waals surface area contributed by atoms with Gasteiger partial charge >= 0.3 is 5.97 Å². The van der Waals surface area contributed by atoms with Crippen LogP contribution in [0.5, 0.6) is 0 Å². The molecule has 0 saturated carbocycles. The summed E-state index contributed by atoms with van der Waals surface area (Å²) < 4.78 is 4.35. The molecule has 0 aromatic carbocycles. The van der Waals surface area contributed by atoms with Crippen molar-refractivity contribution < 1.29 is 9.53 Å². The highest BCUT2D eigenvalue weighted by Crippen LogP contribution is 1.66. The Morgan fingerprint density at radius 3 is 2.75 bits per heavy atom. The molecule has 0 aromatic rings. The second-order valence-electron chi connectivity index (χ2n) is 1.36. The van der Waals surface area contributed by atoms with Crippen LogP contribution in [0.25, 0.3) is 0 Å². The van der Waals surface area contributed by atoms with Gasteiger partial charge in [-0.3, -0.25) is 4.79 Å². The van der Waals surface area contributed by atoms with Gasteiger partial charge in [-0.15, -0.1) is 0 Å². The molecule has 0 heterocycles. The zero-order chi connectivity index (χ0) is 6.41. The van der Waals surface area contributed by atoms with Crippen LogP contribution in [0.1, 0.15) is 6.92 Å². The highest BCUT2D eigenvalue weighted by Gasteiger charge is 1.93. The number of hydrogen-bond donors (Lipinski definition) is 1. The van der Waals surface area contributed by atoms with Gasteiger partial charge in [0, 0.05) is 0 Å². The topological polar surface area (TPSA) is 38.3 Å². The second kappa shape index (κ2) is 4.59. The Bertz CT molecular complexity index is 72.8. The lowest BCUT2D eigenvalue weighted by Crippen LogP contribution is -2.23. The number of esters is 1. The quantitative estimate of drug-likeness (QED) is 0.519. The summed E-state index contributed by atoms with van der Waals surface area (Å²) in [6.07, 6.45) is 0. The molecule has 0 aliphatic rings. The van der Waals surface area contributed by atoms with E-state index in [1.54, 1.807) is 0 Å². The van der Waals surface area contributed by atoms with Gasteiger partial charge in [0.2, 0.25) is 0 Å². The molecule has 48 valence electrons. The summed E-state index contributed by atoms with van der Waals surface area (Å²) >= 11 is 0. The molecular weight excluding hydrogens is 106 g/mol. The van der Waals surface area contributed by atoms with Crippen LogP contribution < -0.4 is 5.32 Å². The van der Waals surface area contributed by atoms with Gasteiger partial charge in [-0.05, 0) is 6.54 Å². The van der Waals surface area contributed by atoms with E-state index in [-0.39, 0.29) is 5.97 Å². The van der Waals surface area contributed by atoms with Gasteiger partial charge in [-0.25, -0.2) is 0 Å². The van der Waals surface area contributed by atoms with Gasteiger partial charge in [0.25, 0.3) is 0 Å². The largest absolute Gasteiger partial charge is 0.468 e. The molecular formula is C5H11NO2. The molecule has 8 heavy (non-hydrogen) atoms. The van der Waals surface area contributed by atoms with Gasteiger partial charge in [-0.1, -0.05) is 6.92 Å². The molecule has 1 N–H and O–H groups in total. The maximum absolute atomic E-state index is 10.3. The maximum Gasteiger partial charge on any atom is 0.319 e. The lowest BCUT2D eigenvalue weighted by atomic mass is 10.6. The molecule has 3 nitrogen and oxygen atoms in total. The molecule has 0 saturated heterocycles. The first-order chi connectivity index (χ1) is 3.81. The highest BCUT2D eigenvalue weighted by atomic mass is 16.5. The third-order valence-electron chi connectivity index (χ3n) is 0.747. The minimum Gasteiger partial charge on any atom is -0.468 e. The minimum absolute atomic E-state index is 0.216. The SMILES string of the molecule is CCNCC(=O)OC. The van der Waals surface area contributed by atoms with E-state index >= 15 is 0 Å². The molecule has 0 aromatic heterocycles. The first-order valence-electron chi connectivity index (χ1n) is 2.58. The number of carbonyl (C=O) groups is 1. The number of nitrogens with one attached hydrogen (secondary N) is 1. The van der Waals surface area contributed by atoms with Crippen LogP contribution in [-0.2, 0) is 9.53 Å². The molecule has 0 aliphatic heterocycles. The summed E-state index contributed by atoms with van der Waals surface area (Å²) in [6.45, 7) is 3.05. The number of rotatable bonds is 3. The Labute approximate surface area is 49.0 Å². The number of likely N-dealkylation sites (N-methyl/N-ethyl adjacent to an activating group) is 1. The second-order valence-corrected chi connectivity index (χ2v) is 1.36. The molecule has 0 atom stereocenters. The molecule has 0 radical (unpaired) electrons. The summed E-state index contributed by atoms with van der Waals surface area (Å²) in [5.74, 6) is -0.216. The number of hydrogen-bond acceptors (Lipinski definition) is 3. The first kappa shape index (κ1) is 7.43. The van der Waals surface area contributed by atoms with E-state index in [0.29, 0.717) is 6.54 Å². The molecule has 0 spiro atoms. The third-order valence-corrected chi connectivity index (χ3v) is 0.747. The van der Waals surface area contributed by atoms with Crippen molar-refractivity contribution in [1.82, 2.24) is 5.32 Å². The van der Waals surface area contributed by atoms with E-state index in [4.69, 9.17) is 0 Å². The molecule has 0 unspecified atom stereocenters. The van der Waals surface area contributed by atoms with Crippen molar-refractivity contribution in [3.8, 4) is 0 Å². The van der Waals surface area contributed by atoms with Crippen molar-refractivity contribution in [2.75, 3.05) is 20.2 Å². The van der Waals surface area contributed by atoms with Gasteiger partial charge in [-0.2, -0.15) is 0 Å². The molecule has 0 aliphatic carbocycles. The lowest BCUT2D eigenvalue weighted by molar-refractivity contribution is -0.139. The molecule has 0 bridgehead atoms. The summed E-state index contributed by atoms with van der Waals surface area (Å²) in [4.78, 5) is 10.3. The maximum atomic E-state index is 10.3. The fourth-order valence-electron chi connectivity index (χ4n) is 0.299. The Balaban J connectivity index is 2.99. The van der Waals surface area contributed by atoms with Crippen LogP contribution in [0.15, 0.2) is 0 Å². The Kier molecular flexibility index (Phi) is 4.26. The van der Waals surface area contributed by atoms with Crippen LogP contribution in [0.4, 0.5) is 0 Å². The zero-order valence-corrected chi connectivity index (χ0v) is 5.23. The monoisotopic (exact) mass is 117 g/mol. The average Bonchev–Trinajstić information content (AvgIpc) is 1.83. The van der Waals surface area contributed by atoms with E-state index in [1.807, 2.05) is 6.92 Å². The van der Waals surface area contributed by atoms with Crippen LogP contribution >= 0.6 is 0 Å². The highest BCUT2D eigenvalue weighted by molar-refractivity contribution is 5.71. The van der Waals surface area contributed by atoms with Gasteiger partial charge in [0.05, 0.1) is 13.7 Å². The smallest absolute Gasteiger partial charge is 0.319 e. The van der Waals surface area contributed by atoms with Crippen molar-refractivity contribution in [1.29, 1.82) is 0 Å². The first-order valence-corrected chi connectivity index (χ1v) is 2.58. The van der Waals surface area contributed by atoms with Crippen molar-refractivity contribution in [3.05, 3.63) is 0 Å². The predicted molar refractivity (Wildman–Crippen MR) is 30.6 cm³/mol. The lowest BCUT2D eigenvalue weighted by Gasteiger charge is -1.96. The van der Waals surface area contributed by atoms with Gasteiger partial charge in [0.1, 0.15) is 0 Å². The van der Waals surface area contributed by atoms with Crippen molar-refractivity contribution in [2.24, 2.45) is 0 Å². The predicted octanol–water partition coefficient (Wildman–Crippen LogP) is -0.231. The standard InChI is InChI=1S/C5H11NO2/c1-3-6-4-5(7)8-2/h6H,3-4H2,1-2H3. The van der Waals surface area contributed by atoms with Crippen LogP contribution in [0, 0.1) is 0 Å². The third kappa shape index (κ3) is 3.61. The summed E-state index contributed by atoms with van der Waals surface area (Å²) in [5, 5.41) is 2.82. The Morgan fingerprint density at radius 2 is 2.38 bits per heavy atom. The number of carbonyl (C=O) groups excluding carboxylic acids is 1. The van der Waals surface area contributed by atoms with E-state index in [9.17, 15) is 4.79 Å². The van der Waals surface area contributed by atoms with Crippen molar-refractivity contribution in [3.63, 3.8) is 0 Å². The van der Waals surface area contributed by atoms with Crippen LogP contribution in [0.3, 0.4) is 0 Å². The molecule has 3 heteroatoms.